The number of hydrogen-bond donors (Lipinski definition) is 4. The molecule has 7 nitrogen and oxygen atoms in total. The first-order chi connectivity index (χ1) is 16.3. The zero-order valence-electron chi connectivity index (χ0n) is 19.7. The Kier molecular flexibility index (Phi) is 8.34. The van der Waals surface area contributed by atoms with Crippen LogP contribution in [-0.4, -0.2) is 43.8 Å². The summed E-state index contributed by atoms with van der Waals surface area (Å²) in [7, 11) is 0. The van der Waals surface area contributed by atoms with Crippen LogP contribution in [0, 0.1) is 23.7 Å². The zero-order chi connectivity index (χ0) is 24.6. The second kappa shape index (κ2) is 11.4. The predicted molar refractivity (Wildman–Crippen MR) is 136 cm³/mol. The summed E-state index contributed by atoms with van der Waals surface area (Å²) in [4.78, 5) is 14.4. The maximum Gasteiger partial charge on any atom is 0.258 e. The maximum absolute atomic E-state index is 12.1. The van der Waals surface area contributed by atoms with Crippen molar-refractivity contribution in [3.05, 3.63) is 71.8 Å². The smallest absolute Gasteiger partial charge is 0.258 e. The predicted octanol–water partition coefficient (Wildman–Crippen LogP) is 1.58. The monoisotopic (exact) mass is 457 g/mol. The highest BCUT2D eigenvalue weighted by atomic mass is 16.5. The topological polar surface area (TPSA) is 106 Å². The van der Waals surface area contributed by atoms with E-state index in [2.05, 4.69) is 58.0 Å². The van der Waals surface area contributed by atoms with Gasteiger partial charge in [0.15, 0.2) is 0 Å². The second-order valence-electron chi connectivity index (χ2n) is 8.61. The number of hydrazine groups is 1. The highest BCUT2D eigenvalue weighted by molar-refractivity contribution is 5.84. The van der Waals surface area contributed by atoms with Gasteiger partial charge in [-0.05, 0) is 67.6 Å². The molecule has 1 heterocycles. The fourth-order valence-corrected chi connectivity index (χ4v) is 3.47. The molecule has 1 amide bonds. The molecule has 1 fully saturated rings. The molecule has 0 spiro atoms. The van der Waals surface area contributed by atoms with Crippen molar-refractivity contribution >= 4 is 17.3 Å². The van der Waals surface area contributed by atoms with Gasteiger partial charge >= 0.3 is 0 Å². The first-order valence-corrected chi connectivity index (χ1v) is 11.1. The van der Waals surface area contributed by atoms with Crippen LogP contribution in [0.2, 0.25) is 0 Å². The molecule has 34 heavy (non-hydrogen) atoms. The average molecular weight is 458 g/mol. The number of benzene rings is 2. The SMILES string of the molecule is C=C(N[C@H](C(=O)NN)C(C)(C)N)c1ccc(C#CC#Cc2ccc(N3CCOCC3)cc2)cc1. The van der Waals surface area contributed by atoms with E-state index in [-0.39, 0.29) is 0 Å². The van der Waals surface area contributed by atoms with Crippen molar-refractivity contribution in [1.29, 1.82) is 0 Å². The van der Waals surface area contributed by atoms with E-state index in [1.807, 2.05) is 36.4 Å². The first-order valence-electron chi connectivity index (χ1n) is 11.1. The number of carbonyl (C=O) groups excluding carboxylic acids is 1. The lowest BCUT2D eigenvalue weighted by atomic mass is 9.94. The molecule has 1 atom stereocenters. The van der Waals surface area contributed by atoms with Crippen molar-refractivity contribution in [2.24, 2.45) is 11.6 Å². The van der Waals surface area contributed by atoms with Crippen LogP contribution in [0.5, 0.6) is 0 Å². The van der Waals surface area contributed by atoms with E-state index in [4.69, 9.17) is 16.3 Å². The van der Waals surface area contributed by atoms with Crippen LogP contribution in [0.4, 0.5) is 5.69 Å². The van der Waals surface area contributed by atoms with E-state index < -0.39 is 17.5 Å². The normalized spacial score (nSPS) is 14.1. The van der Waals surface area contributed by atoms with Gasteiger partial charge in [-0.2, -0.15) is 0 Å². The van der Waals surface area contributed by atoms with Gasteiger partial charge in [0.25, 0.3) is 5.91 Å². The van der Waals surface area contributed by atoms with E-state index in [0.29, 0.717) is 5.70 Å². The highest BCUT2D eigenvalue weighted by Crippen LogP contribution is 2.17. The standard InChI is InChI=1S/C27H31N5O2/c1-20(30-25(26(33)31-29)27(2,3)28)23-12-8-21(9-13-23)6-4-5-7-22-10-14-24(15-11-22)32-16-18-34-19-17-32/h8-15,25,30H,1,16-19,28-29H2,2-3H3,(H,31,33)/t25-/m1/s1. The number of amides is 1. The average Bonchev–Trinajstić information content (AvgIpc) is 2.85. The van der Waals surface area contributed by atoms with E-state index in [9.17, 15) is 4.79 Å². The largest absolute Gasteiger partial charge is 0.378 e. The fraction of sp³-hybridized carbons (Fsp3) is 0.296. The van der Waals surface area contributed by atoms with Gasteiger partial charge < -0.3 is 20.7 Å². The van der Waals surface area contributed by atoms with Gasteiger partial charge in [-0.25, -0.2) is 5.84 Å². The van der Waals surface area contributed by atoms with Crippen molar-refractivity contribution in [2.45, 2.75) is 25.4 Å². The number of anilines is 1. The summed E-state index contributed by atoms with van der Waals surface area (Å²) >= 11 is 0. The molecule has 0 unspecified atom stereocenters. The lowest BCUT2D eigenvalue weighted by Crippen LogP contribution is -2.60. The summed E-state index contributed by atoms with van der Waals surface area (Å²) < 4.78 is 5.40. The van der Waals surface area contributed by atoms with Crippen molar-refractivity contribution in [1.82, 2.24) is 10.7 Å². The molecular formula is C27H31N5O2. The van der Waals surface area contributed by atoms with Gasteiger partial charge in [0.05, 0.1) is 13.2 Å². The van der Waals surface area contributed by atoms with Crippen LogP contribution < -0.4 is 27.2 Å². The number of nitrogens with two attached hydrogens (primary N) is 2. The molecule has 0 saturated carbocycles. The molecule has 0 bridgehead atoms. The van der Waals surface area contributed by atoms with Gasteiger partial charge in [-0.1, -0.05) is 30.6 Å². The molecular weight excluding hydrogens is 426 g/mol. The van der Waals surface area contributed by atoms with Crippen LogP contribution in [0.1, 0.15) is 30.5 Å². The summed E-state index contributed by atoms with van der Waals surface area (Å²) in [5.74, 6) is 16.8. The molecule has 1 aliphatic rings. The molecule has 0 radical (unpaired) electrons. The van der Waals surface area contributed by atoms with Crippen molar-refractivity contribution in [3.8, 4) is 23.7 Å². The summed E-state index contributed by atoms with van der Waals surface area (Å²) in [6.45, 7) is 10.8. The van der Waals surface area contributed by atoms with E-state index in [1.54, 1.807) is 13.8 Å². The minimum atomic E-state index is -0.834. The lowest BCUT2D eigenvalue weighted by molar-refractivity contribution is -0.124. The fourth-order valence-electron chi connectivity index (χ4n) is 3.47. The number of rotatable bonds is 6. The number of hydrogen-bond acceptors (Lipinski definition) is 6. The molecule has 3 rings (SSSR count). The van der Waals surface area contributed by atoms with Crippen molar-refractivity contribution < 1.29 is 9.53 Å². The summed E-state index contributed by atoms with van der Waals surface area (Å²) in [6.07, 6.45) is 0. The van der Waals surface area contributed by atoms with E-state index in [0.717, 1.165) is 43.0 Å². The summed E-state index contributed by atoms with van der Waals surface area (Å²) in [6, 6.07) is 14.9. The summed E-state index contributed by atoms with van der Waals surface area (Å²) in [5, 5.41) is 3.06. The first kappa shape index (κ1) is 24.9. The lowest BCUT2D eigenvalue weighted by Gasteiger charge is -2.31. The van der Waals surface area contributed by atoms with Crippen molar-refractivity contribution in [2.75, 3.05) is 31.2 Å². The molecule has 1 saturated heterocycles. The highest BCUT2D eigenvalue weighted by Gasteiger charge is 2.31. The number of morpholine rings is 1. The Labute approximate surface area is 201 Å². The Hall–Kier alpha value is -3.75. The molecule has 176 valence electrons. The molecule has 0 aromatic heterocycles. The quantitative estimate of drug-likeness (QED) is 0.227. The zero-order valence-corrected chi connectivity index (χ0v) is 19.7. The number of nitrogens with zero attached hydrogens (tertiary/aromatic N) is 1. The van der Waals surface area contributed by atoms with Crippen LogP contribution in [-0.2, 0) is 9.53 Å². The van der Waals surface area contributed by atoms with Crippen LogP contribution in [0.15, 0.2) is 55.1 Å². The van der Waals surface area contributed by atoms with E-state index >= 15 is 0 Å². The van der Waals surface area contributed by atoms with Crippen molar-refractivity contribution in [3.63, 3.8) is 0 Å². The van der Waals surface area contributed by atoms with Gasteiger partial charge in [0, 0.05) is 41.1 Å². The van der Waals surface area contributed by atoms with Gasteiger partial charge in [0.1, 0.15) is 6.04 Å². The van der Waals surface area contributed by atoms with Gasteiger partial charge in [-0.15, -0.1) is 0 Å². The Bertz CT molecular complexity index is 1120. The van der Waals surface area contributed by atoms with E-state index in [1.165, 1.54) is 5.69 Å². The third kappa shape index (κ3) is 6.87. The molecule has 2 aromatic rings. The molecule has 1 aliphatic heterocycles. The summed E-state index contributed by atoms with van der Waals surface area (Å²) in [5.41, 5.74) is 11.7. The minimum absolute atomic E-state index is 0.412. The number of ether oxygens (including phenoxy) is 1. The van der Waals surface area contributed by atoms with Gasteiger partial charge in [-0.3, -0.25) is 10.2 Å². The Morgan fingerprint density at radius 1 is 1.03 bits per heavy atom. The number of carbonyl (C=O) groups is 1. The van der Waals surface area contributed by atoms with Crippen LogP contribution >= 0.6 is 0 Å². The molecule has 2 aromatic carbocycles. The minimum Gasteiger partial charge on any atom is -0.378 e. The van der Waals surface area contributed by atoms with Crippen LogP contribution in [0.25, 0.3) is 5.70 Å². The number of nitrogens with one attached hydrogen (secondary N) is 2. The maximum atomic E-state index is 12.1. The second-order valence-corrected chi connectivity index (χ2v) is 8.61. The van der Waals surface area contributed by atoms with Gasteiger partial charge in [0.2, 0.25) is 0 Å². The molecule has 6 N–H and O–H groups in total. The molecule has 0 aliphatic carbocycles. The van der Waals surface area contributed by atoms with Crippen LogP contribution in [0.3, 0.4) is 0 Å². The third-order valence-electron chi connectivity index (χ3n) is 5.42. The Balaban J connectivity index is 1.59. The Morgan fingerprint density at radius 2 is 1.56 bits per heavy atom. The Morgan fingerprint density at radius 3 is 2.06 bits per heavy atom. The molecule has 7 heteroatoms. The third-order valence-corrected chi connectivity index (χ3v) is 5.42.